The fourth-order valence-electron chi connectivity index (χ4n) is 1.99. The third-order valence-corrected chi connectivity index (χ3v) is 3.83. The van der Waals surface area contributed by atoms with E-state index in [4.69, 9.17) is 18.0 Å². The Bertz CT molecular complexity index is 700. The van der Waals surface area contributed by atoms with E-state index in [-0.39, 0.29) is 5.91 Å². The number of halogens is 1. The number of carbonyl (C=O) groups excluding carboxylic acids is 1. The van der Waals surface area contributed by atoms with Crippen LogP contribution >= 0.6 is 28.1 Å². The standard InChI is InChI=1S/C16H15BrN2OS/c1-10-7-13(17)5-6-14(10)16(20)19-9-11-3-2-4-12(8-11)15(18)21/h2-8H,9H2,1H3,(H2,18,21)(H,19,20). The minimum Gasteiger partial charge on any atom is -0.389 e. The number of nitrogens with two attached hydrogens (primary N) is 1. The Labute approximate surface area is 137 Å². The highest BCUT2D eigenvalue weighted by atomic mass is 79.9. The first kappa shape index (κ1) is 15.7. The van der Waals surface area contributed by atoms with Crippen molar-refractivity contribution in [1.82, 2.24) is 5.32 Å². The van der Waals surface area contributed by atoms with Crippen molar-refractivity contribution in [2.75, 3.05) is 0 Å². The van der Waals surface area contributed by atoms with Crippen LogP contribution in [0.5, 0.6) is 0 Å². The number of hydrogen-bond acceptors (Lipinski definition) is 2. The van der Waals surface area contributed by atoms with Crippen LogP contribution < -0.4 is 11.1 Å². The van der Waals surface area contributed by atoms with E-state index in [1.165, 1.54) is 0 Å². The summed E-state index contributed by atoms with van der Waals surface area (Å²) in [4.78, 5) is 12.5. The molecule has 0 spiro atoms. The van der Waals surface area contributed by atoms with Gasteiger partial charge in [-0.1, -0.05) is 46.3 Å². The number of hydrogen-bond donors (Lipinski definition) is 2. The molecule has 0 aliphatic heterocycles. The number of carbonyl (C=O) groups is 1. The van der Waals surface area contributed by atoms with E-state index in [9.17, 15) is 4.79 Å². The molecule has 2 rings (SSSR count). The molecule has 0 aliphatic rings. The van der Waals surface area contributed by atoms with Gasteiger partial charge in [-0.25, -0.2) is 0 Å². The Morgan fingerprint density at radius 2 is 2.05 bits per heavy atom. The fourth-order valence-corrected chi connectivity index (χ4v) is 2.60. The topological polar surface area (TPSA) is 55.1 Å². The molecule has 0 aliphatic carbocycles. The summed E-state index contributed by atoms with van der Waals surface area (Å²) in [5.41, 5.74) is 8.97. The van der Waals surface area contributed by atoms with Gasteiger partial charge in [0, 0.05) is 22.1 Å². The van der Waals surface area contributed by atoms with Crippen LogP contribution in [-0.2, 0) is 6.54 Å². The molecule has 2 aromatic carbocycles. The first-order valence-electron chi connectivity index (χ1n) is 6.40. The van der Waals surface area contributed by atoms with Crippen molar-refractivity contribution in [3.05, 3.63) is 69.2 Å². The van der Waals surface area contributed by atoms with Crippen LogP contribution in [0.15, 0.2) is 46.9 Å². The van der Waals surface area contributed by atoms with Crippen molar-refractivity contribution in [2.45, 2.75) is 13.5 Å². The van der Waals surface area contributed by atoms with Gasteiger partial charge < -0.3 is 11.1 Å². The van der Waals surface area contributed by atoms with Crippen LogP contribution in [-0.4, -0.2) is 10.9 Å². The molecule has 0 saturated carbocycles. The average Bonchev–Trinajstić information content (AvgIpc) is 2.45. The summed E-state index contributed by atoms with van der Waals surface area (Å²) in [5.74, 6) is -0.0965. The predicted octanol–water partition coefficient (Wildman–Crippen LogP) is 3.32. The zero-order valence-electron chi connectivity index (χ0n) is 11.5. The summed E-state index contributed by atoms with van der Waals surface area (Å²) < 4.78 is 0.959. The highest BCUT2D eigenvalue weighted by Crippen LogP contribution is 2.16. The Kier molecular flexibility index (Phi) is 5.09. The molecule has 0 unspecified atom stereocenters. The van der Waals surface area contributed by atoms with Gasteiger partial charge in [-0.15, -0.1) is 0 Å². The Morgan fingerprint density at radius 3 is 2.71 bits per heavy atom. The molecule has 0 bridgehead atoms. The van der Waals surface area contributed by atoms with E-state index in [1.807, 2.05) is 43.3 Å². The van der Waals surface area contributed by atoms with Gasteiger partial charge in [-0.2, -0.15) is 0 Å². The third kappa shape index (κ3) is 4.12. The lowest BCUT2D eigenvalue weighted by molar-refractivity contribution is 0.0950. The molecule has 3 nitrogen and oxygen atoms in total. The lowest BCUT2D eigenvalue weighted by atomic mass is 10.1. The number of nitrogens with one attached hydrogen (secondary N) is 1. The molecule has 0 fully saturated rings. The number of aryl methyl sites for hydroxylation is 1. The zero-order chi connectivity index (χ0) is 15.4. The number of rotatable bonds is 4. The van der Waals surface area contributed by atoms with Gasteiger partial charge in [-0.3, -0.25) is 4.79 Å². The highest BCUT2D eigenvalue weighted by Gasteiger charge is 2.09. The monoisotopic (exact) mass is 362 g/mol. The van der Waals surface area contributed by atoms with Gasteiger partial charge in [0.15, 0.2) is 0 Å². The molecule has 5 heteroatoms. The average molecular weight is 363 g/mol. The second-order valence-electron chi connectivity index (χ2n) is 4.71. The minimum absolute atomic E-state index is 0.0965. The van der Waals surface area contributed by atoms with Crippen LogP contribution in [0.3, 0.4) is 0 Å². The normalized spacial score (nSPS) is 10.2. The first-order chi connectivity index (χ1) is 9.97. The highest BCUT2D eigenvalue weighted by molar-refractivity contribution is 9.10. The van der Waals surface area contributed by atoms with E-state index >= 15 is 0 Å². The smallest absolute Gasteiger partial charge is 0.251 e. The van der Waals surface area contributed by atoms with E-state index < -0.39 is 0 Å². The van der Waals surface area contributed by atoms with Crippen molar-refractivity contribution in [2.24, 2.45) is 5.73 Å². The lowest BCUT2D eigenvalue weighted by Crippen LogP contribution is -2.23. The van der Waals surface area contributed by atoms with E-state index in [0.29, 0.717) is 17.1 Å². The molecule has 3 N–H and O–H groups in total. The van der Waals surface area contributed by atoms with Crippen LogP contribution in [0.25, 0.3) is 0 Å². The number of thiocarbonyl (C=S) groups is 1. The molecule has 2 aromatic rings. The minimum atomic E-state index is -0.0965. The summed E-state index contributed by atoms with van der Waals surface area (Å²) in [5, 5.41) is 2.90. The summed E-state index contributed by atoms with van der Waals surface area (Å²) in [6, 6.07) is 13.1. The molecule has 0 aromatic heterocycles. The SMILES string of the molecule is Cc1cc(Br)ccc1C(=O)NCc1cccc(C(N)=S)c1. The van der Waals surface area contributed by atoms with Gasteiger partial charge >= 0.3 is 0 Å². The Balaban J connectivity index is 2.07. The molecular formula is C16H15BrN2OS. The van der Waals surface area contributed by atoms with Gasteiger partial charge in [-0.05, 0) is 42.3 Å². The molecule has 0 heterocycles. The summed E-state index contributed by atoms with van der Waals surface area (Å²) in [6.45, 7) is 2.35. The van der Waals surface area contributed by atoms with Gasteiger partial charge in [0.25, 0.3) is 5.91 Å². The maximum atomic E-state index is 12.2. The van der Waals surface area contributed by atoms with Crippen molar-refractivity contribution in [3.63, 3.8) is 0 Å². The van der Waals surface area contributed by atoms with Gasteiger partial charge in [0.2, 0.25) is 0 Å². The fraction of sp³-hybridized carbons (Fsp3) is 0.125. The summed E-state index contributed by atoms with van der Waals surface area (Å²) >= 11 is 8.34. The second kappa shape index (κ2) is 6.83. The van der Waals surface area contributed by atoms with Crippen LogP contribution in [0.4, 0.5) is 0 Å². The molecule has 0 radical (unpaired) electrons. The van der Waals surface area contributed by atoms with Crippen molar-refractivity contribution in [3.8, 4) is 0 Å². The maximum absolute atomic E-state index is 12.2. The van der Waals surface area contributed by atoms with E-state index in [0.717, 1.165) is 21.2 Å². The zero-order valence-corrected chi connectivity index (χ0v) is 13.9. The van der Waals surface area contributed by atoms with Gasteiger partial charge in [0.1, 0.15) is 4.99 Å². The van der Waals surface area contributed by atoms with Crippen LogP contribution in [0.1, 0.15) is 27.0 Å². The van der Waals surface area contributed by atoms with Crippen molar-refractivity contribution >= 4 is 39.0 Å². The van der Waals surface area contributed by atoms with E-state index in [1.54, 1.807) is 6.07 Å². The summed E-state index contributed by atoms with van der Waals surface area (Å²) in [7, 11) is 0. The molecular weight excluding hydrogens is 348 g/mol. The van der Waals surface area contributed by atoms with E-state index in [2.05, 4.69) is 21.2 Å². The van der Waals surface area contributed by atoms with Crippen LogP contribution in [0, 0.1) is 6.92 Å². The molecule has 0 saturated heterocycles. The number of amides is 1. The van der Waals surface area contributed by atoms with Gasteiger partial charge in [0.05, 0.1) is 0 Å². The molecule has 1 amide bonds. The lowest BCUT2D eigenvalue weighted by Gasteiger charge is -2.09. The predicted molar refractivity (Wildman–Crippen MR) is 92.4 cm³/mol. The maximum Gasteiger partial charge on any atom is 0.251 e. The van der Waals surface area contributed by atoms with Crippen molar-refractivity contribution in [1.29, 1.82) is 0 Å². The van der Waals surface area contributed by atoms with Crippen molar-refractivity contribution < 1.29 is 4.79 Å². The largest absolute Gasteiger partial charge is 0.389 e. The Morgan fingerprint density at radius 1 is 1.29 bits per heavy atom. The second-order valence-corrected chi connectivity index (χ2v) is 6.06. The molecule has 21 heavy (non-hydrogen) atoms. The molecule has 108 valence electrons. The quantitative estimate of drug-likeness (QED) is 0.820. The molecule has 0 atom stereocenters. The first-order valence-corrected chi connectivity index (χ1v) is 7.60. The third-order valence-electron chi connectivity index (χ3n) is 3.10. The number of benzene rings is 2. The van der Waals surface area contributed by atoms with Crippen LogP contribution in [0.2, 0.25) is 0 Å². The Hall–Kier alpha value is -1.72. The summed E-state index contributed by atoms with van der Waals surface area (Å²) in [6.07, 6.45) is 0.